The number of sulfonamides is 1. The summed E-state index contributed by atoms with van der Waals surface area (Å²) >= 11 is 1.50. The van der Waals surface area contributed by atoms with Crippen molar-refractivity contribution in [1.29, 1.82) is 0 Å². The van der Waals surface area contributed by atoms with Crippen LogP contribution in [0.2, 0.25) is 0 Å². The van der Waals surface area contributed by atoms with Gasteiger partial charge in [0.25, 0.3) is 0 Å². The number of pyridine rings is 1. The molecule has 3 aromatic rings. The quantitative estimate of drug-likeness (QED) is 0.540. The molecule has 0 atom stereocenters. The van der Waals surface area contributed by atoms with Gasteiger partial charge in [-0.2, -0.15) is 4.31 Å². The number of piperazine rings is 1. The molecule has 0 bridgehead atoms. The molecule has 158 valence electrons. The van der Waals surface area contributed by atoms with Gasteiger partial charge in [-0.25, -0.2) is 18.4 Å². The number of thioether (sulfide) groups is 1. The highest BCUT2D eigenvalue weighted by Crippen LogP contribution is 2.27. The van der Waals surface area contributed by atoms with Crippen molar-refractivity contribution < 1.29 is 12.8 Å². The lowest BCUT2D eigenvalue weighted by Gasteiger charge is -2.31. The fourth-order valence-corrected chi connectivity index (χ4v) is 5.40. The molecular weight excluding hydrogens is 420 g/mol. The average molecular weight is 445 g/mol. The number of hydrogen-bond donors (Lipinski definition) is 0. The first-order chi connectivity index (χ1) is 14.4. The van der Waals surface area contributed by atoms with Gasteiger partial charge in [0, 0.05) is 43.7 Å². The Balaban J connectivity index is 1.41. The third kappa shape index (κ3) is 4.59. The third-order valence-electron chi connectivity index (χ3n) is 5.08. The normalized spacial score (nSPS) is 16.1. The number of nitrogens with zero attached hydrogens (tertiary/aromatic N) is 4. The largest absolute Gasteiger partial charge is 0.441 e. The van der Waals surface area contributed by atoms with E-state index in [-0.39, 0.29) is 4.90 Å². The summed E-state index contributed by atoms with van der Waals surface area (Å²) in [4.78, 5) is 11.3. The van der Waals surface area contributed by atoms with E-state index in [2.05, 4.69) is 14.9 Å². The number of benzene rings is 1. The van der Waals surface area contributed by atoms with Gasteiger partial charge in [0.1, 0.15) is 10.7 Å². The van der Waals surface area contributed by atoms with Crippen molar-refractivity contribution in [2.75, 3.05) is 33.2 Å². The minimum atomic E-state index is -3.50. The first kappa shape index (κ1) is 21.0. The van der Waals surface area contributed by atoms with Crippen molar-refractivity contribution in [1.82, 2.24) is 19.2 Å². The molecule has 2 aromatic heterocycles. The van der Waals surface area contributed by atoms with Crippen molar-refractivity contribution in [3.63, 3.8) is 0 Å². The van der Waals surface area contributed by atoms with Crippen LogP contribution in [0.5, 0.6) is 0 Å². The van der Waals surface area contributed by atoms with Gasteiger partial charge in [0.15, 0.2) is 0 Å². The zero-order valence-corrected chi connectivity index (χ0v) is 18.6. The second kappa shape index (κ2) is 8.89. The molecule has 3 heterocycles. The van der Waals surface area contributed by atoms with Crippen molar-refractivity contribution in [3.8, 4) is 11.5 Å². The summed E-state index contributed by atoms with van der Waals surface area (Å²) in [6.45, 7) is 4.38. The van der Waals surface area contributed by atoms with Crippen LogP contribution in [0.3, 0.4) is 0 Å². The molecule has 0 saturated carbocycles. The van der Waals surface area contributed by atoms with E-state index in [9.17, 15) is 8.42 Å². The monoisotopic (exact) mass is 444 g/mol. The van der Waals surface area contributed by atoms with Crippen LogP contribution >= 0.6 is 11.8 Å². The lowest BCUT2D eigenvalue weighted by Crippen LogP contribution is -2.47. The Bertz CT molecular complexity index is 1090. The number of aryl methyl sites for hydroxylation is 1. The van der Waals surface area contributed by atoms with Crippen molar-refractivity contribution in [3.05, 3.63) is 60.1 Å². The second-order valence-corrected chi connectivity index (χ2v) is 10.1. The first-order valence-corrected chi connectivity index (χ1v) is 12.2. The average Bonchev–Trinajstić information content (AvgIpc) is 3.14. The Hall–Kier alpha value is -2.20. The number of aromatic nitrogens is 2. The van der Waals surface area contributed by atoms with Crippen LogP contribution in [0.1, 0.15) is 11.5 Å². The fraction of sp³-hybridized carbons (Fsp3) is 0.333. The molecule has 30 heavy (non-hydrogen) atoms. The number of rotatable bonds is 6. The van der Waals surface area contributed by atoms with E-state index in [1.165, 1.54) is 22.3 Å². The van der Waals surface area contributed by atoms with E-state index >= 15 is 0 Å². The first-order valence-electron chi connectivity index (χ1n) is 9.73. The maximum atomic E-state index is 12.8. The lowest BCUT2D eigenvalue weighted by molar-refractivity contribution is 0.222. The van der Waals surface area contributed by atoms with Gasteiger partial charge in [-0.3, -0.25) is 0 Å². The molecule has 7 nitrogen and oxygen atoms in total. The summed E-state index contributed by atoms with van der Waals surface area (Å²) in [6, 6.07) is 13.2. The summed E-state index contributed by atoms with van der Waals surface area (Å²) in [5, 5.41) is 0.746. The van der Waals surface area contributed by atoms with Gasteiger partial charge >= 0.3 is 0 Å². The summed E-state index contributed by atoms with van der Waals surface area (Å²) in [5.41, 5.74) is 1.79. The van der Waals surface area contributed by atoms with Crippen LogP contribution in [0.4, 0.5) is 0 Å². The molecular formula is C21H24N4O3S2. The summed E-state index contributed by atoms with van der Waals surface area (Å²) in [7, 11) is -1.50. The van der Waals surface area contributed by atoms with Crippen molar-refractivity contribution >= 4 is 21.8 Å². The summed E-state index contributed by atoms with van der Waals surface area (Å²) < 4.78 is 32.9. The van der Waals surface area contributed by atoms with Crippen LogP contribution < -0.4 is 0 Å². The predicted molar refractivity (Wildman–Crippen MR) is 117 cm³/mol. The van der Waals surface area contributed by atoms with E-state index in [4.69, 9.17) is 4.42 Å². The molecule has 0 N–H and O–H groups in total. The van der Waals surface area contributed by atoms with E-state index in [1.807, 2.05) is 44.3 Å². The molecule has 1 saturated heterocycles. The number of hydrogen-bond acceptors (Lipinski definition) is 7. The lowest BCUT2D eigenvalue weighted by atomic mass is 10.2. The van der Waals surface area contributed by atoms with Crippen LogP contribution in [0, 0.1) is 6.92 Å². The SMILES string of the molecule is Cc1oc(-c2ccccc2)nc1CSc1ccc(S(=O)(=O)N2CCN(C)CC2)cn1. The van der Waals surface area contributed by atoms with Gasteiger partial charge in [0.05, 0.1) is 10.7 Å². The second-order valence-electron chi connectivity index (χ2n) is 7.22. The van der Waals surface area contributed by atoms with Gasteiger partial charge in [-0.1, -0.05) is 30.0 Å². The fourth-order valence-electron chi connectivity index (χ4n) is 3.19. The number of likely N-dealkylation sites (N-methyl/N-ethyl adjacent to an activating group) is 1. The topological polar surface area (TPSA) is 79.5 Å². The minimum absolute atomic E-state index is 0.236. The molecule has 0 spiro atoms. The smallest absolute Gasteiger partial charge is 0.244 e. The van der Waals surface area contributed by atoms with Gasteiger partial charge < -0.3 is 9.32 Å². The van der Waals surface area contributed by atoms with Crippen molar-refractivity contribution in [2.24, 2.45) is 0 Å². The Labute approximate surface area is 181 Å². The predicted octanol–water partition coefficient (Wildman–Crippen LogP) is 3.27. The Morgan fingerprint density at radius 3 is 2.47 bits per heavy atom. The molecule has 1 fully saturated rings. The summed E-state index contributed by atoms with van der Waals surface area (Å²) in [5.74, 6) is 1.97. The molecule has 9 heteroatoms. The maximum Gasteiger partial charge on any atom is 0.244 e. The van der Waals surface area contributed by atoms with Crippen molar-refractivity contribution in [2.45, 2.75) is 22.6 Å². The van der Waals surface area contributed by atoms with E-state index in [0.717, 1.165) is 35.1 Å². The standard InChI is InChI=1S/C21H24N4O3S2/c1-16-19(23-21(28-16)17-6-4-3-5-7-17)15-29-20-9-8-18(14-22-20)30(26,27)25-12-10-24(2)11-13-25/h3-9,14H,10-13,15H2,1-2H3. The molecule has 4 rings (SSSR count). The molecule has 0 aliphatic carbocycles. The Morgan fingerprint density at radius 2 is 1.80 bits per heavy atom. The zero-order chi connectivity index (χ0) is 21.1. The molecule has 1 aliphatic rings. The van der Waals surface area contributed by atoms with Crippen LogP contribution in [0.25, 0.3) is 11.5 Å². The summed E-state index contributed by atoms with van der Waals surface area (Å²) in [6.07, 6.45) is 1.45. The van der Waals surface area contributed by atoms with E-state index < -0.39 is 10.0 Å². The highest BCUT2D eigenvalue weighted by Gasteiger charge is 2.27. The third-order valence-corrected chi connectivity index (χ3v) is 7.92. The Kier molecular flexibility index (Phi) is 6.24. The van der Waals surface area contributed by atoms with Gasteiger partial charge in [0.2, 0.25) is 15.9 Å². The highest BCUT2D eigenvalue weighted by atomic mass is 32.2. The van der Waals surface area contributed by atoms with E-state index in [1.54, 1.807) is 12.1 Å². The van der Waals surface area contributed by atoms with Crippen LogP contribution in [-0.2, 0) is 15.8 Å². The number of oxazole rings is 1. The van der Waals surface area contributed by atoms with Gasteiger partial charge in [-0.05, 0) is 38.2 Å². The van der Waals surface area contributed by atoms with Gasteiger partial charge in [-0.15, -0.1) is 0 Å². The minimum Gasteiger partial charge on any atom is -0.441 e. The highest BCUT2D eigenvalue weighted by molar-refractivity contribution is 7.98. The Morgan fingerprint density at radius 1 is 1.07 bits per heavy atom. The molecule has 0 radical (unpaired) electrons. The van der Waals surface area contributed by atoms with Crippen LogP contribution in [0.15, 0.2) is 63.0 Å². The molecule has 0 amide bonds. The molecule has 0 unspecified atom stereocenters. The van der Waals surface area contributed by atoms with E-state index in [0.29, 0.717) is 24.7 Å². The molecule has 1 aromatic carbocycles. The van der Waals surface area contributed by atoms with Crippen LogP contribution in [-0.4, -0.2) is 60.8 Å². The molecule has 1 aliphatic heterocycles. The maximum absolute atomic E-state index is 12.8. The zero-order valence-electron chi connectivity index (χ0n) is 17.0.